The lowest BCUT2D eigenvalue weighted by atomic mass is 9.84. The largest absolute Gasteiger partial charge is 0.388 e. The van der Waals surface area contributed by atoms with Crippen LogP contribution in [0.25, 0.3) is 11.0 Å². The van der Waals surface area contributed by atoms with E-state index in [0.717, 1.165) is 23.0 Å². The zero-order valence-corrected chi connectivity index (χ0v) is 12.9. The van der Waals surface area contributed by atoms with Gasteiger partial charge < -0.3 is 5.11 Å². The number of hydrogen-bond donors (Lipinski definition) is 1. The van der Waals surface area contributed by atoms with E-state index in [-0.39, 0.29) is 5.69 Å². The normalized spacial score (nSPS) is 18.2. The average Bonchev–Trinajstić information content (AvgIpc) is 2.73. The highest BCUT2D eigenvalue weighted by molar-refractivity contribution is 5.76. The van der Waals surface area contributed by atoms with Gasteiger partial charge in [0.15, 0.2) is 0 Å². The summed E-state index contributed by atoms with van der Waals surface area (Å²) in [7, 11) is 3.56. The molecule has 1 fully saturated rings. The number of aliphatic hydroxyl groups excluding tert-OH is 1. The predicted molar refractivity (Wildman–Crippen MR) is 84.3 cm³/mol. The van der Waals surface area contributed by atoms with Gasteiger partial charge in [0.2, 0.25) is 0 Å². The molecule has 1 atom stereocenters. The van der Waals surface area contributed by atoms with E-state index in [0.29, 0.717) is 5.92 Å². The van der Waals surface area contributed by atoms with Crippen molar-refractivity contribution in [1.29, 1.82) is 0 Å². The molecule has 21 heavy (non-hydrogen) atoms. The maximum atomic E-state index is 11.9. The Morgan fingerprint density at radius 3 is 2.52 bits per heavy atom. The summed E-state index contributed by atoms with van der Waals surface area (Å²) in [6, 6.07) is 5.86. The third kappa shape index (κ3) is 2.64. The second-order valence-corrected chi connectivity index (χ2v) is 6.40. The minimum Gasteiger partial charge on any atom is -0.388 e. The number of hydrogen-bond acceptors (Lipinski definition) is 2. The fourth-order valence-corrected chi connectivity index (χ4v) is 3.61. The van der Waals surface area contributed by atoms with Crippen LogP contribution >= 0.6 is 0 Å². The van der Waals surface area contributed by atoms with Crippen molar-refractivity contribution in [3.8, 4) is 0 Å². The van der Waals surface area contributed by atoms with Crippen LogP contribution in [0.4, 0.5) is 0 Å². The van der Waals surface area contributed by atoms with E-state index >= 15 is 0 Å². The SMILES string of the molecule is Cn1c(=O)n(C)c2cc(C(O)CC3CCCCC3)ccc21. The Bertz CT molecular complexity index is 693. The number of aromatic nitrogens is 2. The van der Waals surface area contributed by atoms with Gasteiger partial charge in [0.25, 0.3) is 0 Å². The third-order valence-electron chi connectivity index (χ3n) is 4.96. The van der Waals surface area contributed by atoms with Gasteiger partial charge >= 0.3 is 5.69 Å². The van der Waals surface area contributed by atoms with Crippen LogP contribution in [0, 0.1) is 5.92 Å². The molecule has 0 spiro atoms. The van der Waals surface area contributed by atoms with Gasteiger partial charge in [0, 0.05) is 14.1 Å². The molecule has 0 bridgehead atoms. The van der Waals surface area contributed by atoms with Crippen molar-refractivity contribution >= 4 is 11.0 Å². The first-order valence-corrected chi connectivity index (χ1v) is 7.91. The number of rotatable bonds is 3. The van der Waals surface area contributed by atoms with E-state index in [4.69, 9.17) is 0 Å². The van der Waals surface area contributed by atoms with E-state index in [2.05, 4.69) is 0 Å². The van der Waals surface area contributed by atoms with Crippen molar-refractivity contribution in [3.63, 3.8) is 0 Å². The van der Waals surface area contributed by atoms with Crippen molar-refractivity contribution in [3.05, 3.63) is 34.2 Å². The average molecular weight is 288 g/mol. The van der Waals surface area contributed by atoms with Gasteiger partial charge in [-0.2, -0.15) is 0 Å². The molecule has 0 aliphatic heterocycles. The topological polar surface area (TPSA) is 47.2 Å². The fraction of sp³-hybridized carbons (Fsp3) is 0.588. The number of imidazole rings is 1. The molecule has 0 radical (unpaired) electrons. The van der Waals surface area contributed by atoms with Crippen molar-refractivity contribution < 1.29 is 5.11 Å². The summed E-state index contributed by atoms with van der Waals surface area (Å²) in [5.41, 5.74) is 2.71. The van der Waals surface area contributed by atoms with Crippen molar-refractivity contribution in [2.45, 2.75) is 44.6 Å². The van der Waals surface area contributed by atoms with Gasteiger partial charge in [-0.3, -0.25) is 9.13 Å². The first kappa shape index (κ1) is 14.4. The van der Waals surface area contributed by atoms with Crippen molar-refractivity contribution in [2.75, 3.05) is 0 Å². The van der Waals surface area contributed by atoms with E-state index < -0.39 is 6.10 Å². The van der Waals surface area contributed by atoms with Crippen LogP contribution in [0.5, 0.6) is 0 Å². The molecule has 4 heteroatoms. The van der Waals surface area contributed by atoms with Crippen LogP contribution in [0.2, 0.25) is 0 Å². The monoisotopic (exact) mass is 288 g/mol. The smallest absolute Gasteiger partial charge is 0.328 e. The number of nitrogens with zero attached hydrogens (tertiary/aromatic N) is 2. The Kier molecular flexibility index (Phi) is 3.89. The highest BCUT2D eigenvalue weighted by Crippen LogP contribution is 2.32. The van der Waals surface area contributed by atoms with Crippen LogP contribution in [0.1, 0.15) is 50.2 Å². The molecule has 1 N–H and O–H groups in total. The molecule has 0 amide bonds. The Labute approximate surface area is 125 Å². The number of benzene rings is 1. The van der Waals surface area contributed by atoms with Gasteiger partial charge in [-0.25, -0.2) is 4.79 Å². The molecule has 1 aliphatic rings. The zero-order chi connectivity index (χ0) is 15.0. The molecule has 1 saturated carbocycles. The summed E-state index contributed by atoms with van der Waals surface area (Å²) in [4.78, 5) is 11.9. The van der Waals surface area contributed by atoms with Gasteiger partial charge in [-0.05, 0) is 30.0 Å². The summed E-state index contributed by atoms with van der Waals surface area (Å²) in [5, 5.41) is 10.5. The third-order valence-corrected chi connectivity index (χ3v) is 4.96. The van der Waals surface area contributed by atoms with Crippen molar-refractivity contribution in [2.24, 2.45) is 20.0 Å². The van der Waals surface area contributed by atoms with Gasteiger partial charge in [0.1, 0.15) is 0 Å². The molecule has 1 heterocycles. The molecule has 1 aromatic carbocycles. The van der Waals surface area contributed by atoms with Gasteiger partial charge in [-0.1, -0.05) is 38.2 Å². The summed E-state index contributed by atoms with van der Waals surface area (Å²) >= 11 is 0. The minimum absolute atomic E-state index is 0.0241. The van der Waals surface area contributed by atoms with Crippen LogP contribution in [0.3, 0.4) is 0 Å². The zero-order valence-electron chi connectivity index (χ0n) is 12.9. The molecular formula is C17H24N2O2. The Morgan fingerprint density at radius 2 is 1.81 bits per heavy atom. The maximum Gasteiger partial charge on any atom is 0.328 e. The molecule has 1 aliphatic carbocycles. The number of fused-ring (bicyclic) bond motifs is 1. The minimum atomic E-state index is -0.423. The molecule has 3 rings (SSSR count). The van der Waals surface area contributed by atoms with E-state index in [1.54, 1.807) is 23.2 Å². The standard InChI is InChI=1S/C17H24N2O2/c1-18-14-9-8-13(11-15(14)19(2)17(18)21)16(20)10-12-6-4-3-5-7-12/h8-9,11-12,16,20H,3-7,10H2,1-2H3. The first-order valence-electron chi connectivity index (χ1n) is 7.91. The first-order chi connectivity index (χ1) is 10.1. The highest BCUT2D eigenvalue weighted by Gasteiger charge is 2.19. The molecule has 114 valence electrons. The highest BCUT2D eigenvalue weighted by atomic mass is 16.3. The lowest BCUT2D eigenvalue weighted by molar-refractivity contribution is 0.131. The maximum absolute atomic E-state index is 11.9. The second-order valence-electron chi connectivity index (χ2n) is 6.40. The number of aliphatic hydroxyl groups is 1. The van der Waals surface area contributed by atoms with Gasteiger partial charge in [0.05, 0.1) is 17.1 Å². The second kappa shape index (κ2) is 5.68. The van der Waals surface area contributed by atoms with E-state index in [1.165, 1.54) is 32.1 Å². The Morgan fingerprint density at radius 1 is 1.14 bits per heavy atom. The van der Waals surface area contributed by atoms with Gasteiger partial charge in [-0.15, -0.1) is 0 Å². The van der Waals surface area contributed by atoms with E-state index in [9.17, 15) is 9.90 Å². The quantitative estimate of drug-likeness (QED) is 0.944. The lowest BCUT2D eigenvalue weighted by Gasteiger charge is -2.24. The summed E-state index contributed by atoms with van der Waals surface area (Å²) < 4.78 is 3.29. The molecule has 1 aromatic heterocycles. The van der Waals surface area contributed by atoms with Crippen LogP contribution in [0.15, 0.2) is 23.0 Å². The van der Waals surface area contributed by atoms with Crippen molar-refractivity contribution in [1.82, 2.24) is 9.13 Å². The Hall–Kier alpha value is -1.55. The number of aryl methyl sites for hydroxylation is 2. The predicted octanol–water partition coefficient (Wildman–Crippen LogP) is 2.88. The lowest BCUT2D eigenvalue weighted by Crippen LogP contribution is -2.19. The molecule has 4 nitrogen and oxygen atoms in total. The van der Waals surface area contributed by atoms with Crippen LogP contribution in [-0.2, 0) is 14.1 Å². The molecule has 1 unspecified atom stereocenters. The fourth-order valence-electron chi connectivity index (χ4n) is 3.61. The summed E-state index contributed by atoms with van der Waals surface area (Å²) in [6.45, 7) is 0. The molecular weight excluding hydrogens is 264 g/mol. The summed E-state index contributed by atoms with van der Waals surface area (Å²) in [5.74, 6) is 0.643. The van der Waals surface area contributed by atoms with E-state index in [1.807, 2.05) is 18.2 Å². The summed E-state index contributed by atoms with van der Waals surface area (Å²) in [6.07, 6.45) is 6.82. The molecule has 2 aromatic rings. The van der Waals surface area contributed by atoms with Crippen LogP contribution in [-0.4, -0.2) is 14.2 Å². The Balaban J connectivity index is 1.86. The molecule has 0 saturated heterocycles. The van der Waals surface area contributed by atoms with Crippen LogP contribution < -0.4 is 5.69 Å².